The molecule has 12 unspecified atom stereocenters. The van der Waals surface area contributed by atoms with Gasteiger partial charge in [0.05, 0.1) is 61.7 Å². The number of ether oxygens (including phenoxy) is 9. The molecule has 6 heterocycles. The first kappa shape index (κ1) is 26.4. The number of methoxy groups -OCH3 is 6. The summed E-state index contributed by atoms with van der Waals surface area (Å²) in [7, 11) is -2.99. The molecule has 3 fully saturated rings. The Balaban J connectivity index is 0.000000302. The molecule has 0 radical (unpaired) electrons. The summed E-state index contributed by atoms with van der Waals surface area (Å²) in [5.74, 6) is -36.6. The van der Waals surface area contributed by atoms with Crippen molar-refractivity contribution in [3.05, 3.63) is 69.6 Å². The molecule has 6 aliphatic heterocycles. The first-order valence-electron chi connectivity index (χ1n) is 56.9. The quantitative estimate of drug-likeness (QED) is 0.0666. The summed E-state index contributed by atoms with van der Waals surface area (Å²) in [5, 5.41) is 0. The van der Waals surface area contributed by atoms with Gasteiger partial charge >= 0.3 is 17.9 Å². The van der Waals surface area contributed by atoms with Crippen molar-refractivity contribution in [1.82, 2.24) is 14.7 Å². The predicted octanol–water partition coefficient (Wildman–Crippen LogP) is 10.7. The van der Waals surface area contributed by atoms with Gasteiger partial charge in [0.15, 0.2) is 34.5 Å². The number of carbonyl (C=O) groups excluding carboxylic acids is 3. The zero-order valence-electron chi connectivity index (χ0n) is 110. The zero-order valence-corrected chi connectivity index (χ0v) is 51.2. The second kappa shape index (κ2) is 32.5. The minimum Gasteiger partial charge on any atom is -0.493 e. The lowest BCUT2D eigenvalue weighted by Gasteiger charge is -2.47. The number of benzene rings is 3. The number of piperidine rings is 3. The van der Waals surface area contributed by atoms with Crippen LogP contribution in [-0.4, -0.2) is 150 Å². The van der Waals surface area contributed by atoms with Gasteiger partial charge in [0.25, 0.3) is 0 Å². The number of esters is 3. The van der Waals surface area contributed by atoms with Crippen LogP contribution in [0.25, 0.3) is 0 Å². The van der Waals surface area contributed by atoms with Crippen molar-refractivity contribution in [3.63, 3.8) is 0 Å². The number of nitrogens with zero attached hydrogens (tertiary/aromatic N) is 3. The van der Waals surface area contributed by atoms with Crippen LogP contribution < -0.4 is 45.6 Å². The van der Waals surface area contributed by atoms with Gasteiger partial charge in [-0.25, -0.2) is 0 Å². The van der Waals surface area contributed by atoms with E-state index >= 15 is 0 Å². The average molecular weight is 1320 g/mol. The lowest BCUT2D eigenvalue weighted by atomic mass is 9.79. The van der Waals surface area contributed by atoms with E-state index in [4.69, 9.17) is 117 Å². The van der Waals surface area contributed by atoms with Gasteiger partial charge in [0, 0.05) is 156 Å². The Morgan fingerprint density at radius 1 is 0.500 bits per heavy atom. The maximum Gasteiger partial charge on any atom is 0.323 e. The van der Waals surface area contributed by atoms with Crippen molar-refractivity contribution in [1.29, 1.82) is 0 Å². The molecule has 3 saturated heterocycles. The van der Waals surface area contributed by atoms with Crippen molar-refractivity contribution in [2.75, 3.05) is 81.5 Å². The molecule has 0 bridgehead atoms. The lowest BCUT2D eigenvalue weighted by Crippen LogP contribution is -2.51. The van der Waals surface area contributed by atoms with Crippen molar-refractivity contribution < 1.29 is 138 Å². The molecule has 0 aliphatic carbocycles. The molecule has 0 spiro atoms. The van der Waals surface area contributed by atoms with E-state index in [0.29, 0.717) is 20.8 Å². The molecule has 6 N–H and O–H groups in total. The van der Waals surface area contributed by atoms with E-state index in [1.807, 2.05) is 0 Å². The highest BCUT2D eigenvalue weighted by Crippen LogP contribution is 2.48. The number of hydrogen-bond donors (Lipinski definition) is 3. The summed E-state index contributed by atoms with van der Waals surface area (Å²) in [6, 6.07) is -20.4. The molecule has 3 aromatic rings. The normalized spacial score (nSPS) is 48.5. The van der Waals surface area contributed by atoms with Crippen LogP contribution >= 0.6 is 0 Å². The van der Waals surface area contributed by atoms with E-state index in [0.717, 1.165) is 28.4 Å². The molecule has 9 rings (SSSR count). The molecule has 0 amide bonds. The lowest BCUT2D eigenvalue weighted by molar-refractivity contribution is -0.161. The van der Waals surface area contributed by atoms with Gasteiger partial charge in [-0.2, -0.15) is 0 Å². The third-order valence-corrected chi connectivity index (χ3v) is 13.2. The zero-order chi connectivity index (χ0) is 118. The third kappa shape index (κ3) is 17.5. The summed E-state index contributed by atoms with van der Waals surface area (Å²) in [6.45, 7) is -26.3. The topological polar surface area (TPSA) is 222 Å². The second-order valence-corrected chi connectivity index (χ2v) is 21.0. The van der Waals surface area contributed by atoms with Gasteiger partial charge < -0.3 is 59.8 Å². The monoisotopic (exact) mass is 1310 g/mol. The van der Waals surface area contributed by atoms with Crippen LogP contribution in [0, 0.1) is 53.1 Å². The van der Waals surface area contributed by atoms with Crippen molar-refractivity contribution in [2.45, 2.75) is 195 Å². The molecule has 90 heavy (non-hydrogen) atoms. The van der Waals surface area contributed by atoms with Crippen LogP contribution in [0.15, 0.2) is 36.3 Å². The molecule has 18 nitrogen and oxygen atoms in total. The van der Waals surface area contributed by atoms with Gasteiger partial charge in [-0.3, -0.25) is 29.1 Å². The van der Waals surface area contributed by atoms with Gasteiger partial charge in [-0.1, -0.05) is 82.9 Å². The molecule has 0 aromatic heterocycles. The molecule has 6 aliphatic rings. The number of carbonyl (C=O) groups is 3. The van der Waals surface area contributed by atoms with Gasteiger partial charge in [0.2, 0.25) is 0 Å². The van der Waals surface area contributed by atoms with Crippen LogP contribution in [-0.2, 0) is 47.7 Å². The fourth-order valence-electron chi connectivity index (χ4n) is 8.30. The van der Waals surface area contributed by atoms with Crippen LogP contribution in [0.1, 0.15) is 253 Å². The van der Waals surface area contributed by atoms with Crippen LogP contribution in [0.4, 0.5) is 0 Å². The van der Waals surface area contributed by atoms with Crippen molar-refractivity contribution in [2.24, 2.45) is 70.3 Å². The Labute approximate surface area is 622 Å². The van der Waals surface area contributed by atoms with Crippen molar-refractivity contribution >= 4 is 17.9 Å². The molecule has 3 aromatic carbocycles. The molecular formula is C72H114N6O12. The molecule has 504 valence electrons. The standard InChI is InChI=1S/3C24H38N2O4/c3*1-14(2)9-17-13-26-8-7-16-10-21(28-5)22(29-6)11-18(16)19(26)12-20(17)30-24(27)23(25)15(3)4/h3*10-11,14-15,17,19-20,23H,7-9,12-13,25H2,1-6H3/t3*17?,19?,20?,23-/m000/s1/i1D3,5D3,7D2,8D2,9D2,10D,11D,12D2,13D2,14D,17D,20D;1D3,7D2,8D2,9D2,10D,11D,12D2,13D2,14D,17D,20D;1D3,5D3,7D2,8D2,9D2,10D,11D,12D2,13D2,14D,17D/t3*14?,17?,19?,20?,23-. The minimum atomic E-state index is -4.55. The summed E-state index contributed by atoms with van der Waals surface area (Å²) >= 11 is 0. The summed E-state index contributed by atoms with van der Waals surface area (Å²) in [4.78, 5) is 39.2. The predicted molar refractivity (Wildman–Crippen MR) is 353 cm³/mol. The fraction of sp³-hybridized carbons (Fsp3) is 0.708. The number of hydrogen-bond acceptors (Lipinski definition) is 18. The van der Waals surface area contributed by atoms with Gasteiger partial charge in [0.1, 0.15) is 36.4 Å². The molecule has 15 atom stereocenters. The third-order valence-electron chi connectivity index (χ3n) is 13.2. The Hall–Kier alpha value is -5.37. The maximum absolute atomic E-state index is 13.4. The SMILES string of the molecule is [2H]c1c(OC)c(OC([2H])([2H])[2H])c([2H])c2c1C1N(C([2H])([2H])C2([2H])[2H])C([2H])([2H])C([2H])(C([2H])([2H])C([2H])(C)C([2H])([2H])[2H])C(OC(=O)[C@@H](N)C(C)C)C1([2H])[2H].[2H]c1c(OC)c(OC([2H])([2H])[2H])c([2H])c2c1C1N(C([2H])([2H])C2([2H])[2H])C([2H])([2H])C([2H])(C([2H])([2H])C([2H])(C)C([2H])([2H])[2H])C([2H])(OC(=O)[C@@H](N)C(C)C)C1([2H])[2H].[2H]c1c(OC)c(OC)c([2H])c2c1C1N(C([2H])([2H])C2([2H])[2H])C([2H])([2H])C([2H])(C([2H])([2H])C([2H])(C)C([2H])([2H])[2H])C([2H])(OC(=O)[C@@H](N)C(C)C)C1([2H])[2H]. The van der Waals surface area contributed by atoms with Crippen LogP contribution in [0.5, 0.6) is 34.5 Å². The highest BCUT2D eigenvalue weighted by atomic mass is 16.6. The number of nitrogens with two attached hydrogens (primary N) is 3. The fourth-order valence-corrected chi connectivity index (χ4v) is 8.30. The number of rotatable bonds is 21. The summed E-state index contributed by atoms with van der Waals surface area (Å²) in [5.41, 5.74) is 10.9. The van der Waals surface area contributed by atoms with E-state index in [-0.39, 0.29) is 14.7 Å². The minimum absolute atomic E-state index is 0.267. The Morgan fingerprint density at radius 2 is 0.800 bits per heavy atom. The molecule has 18 heteroatoms. The Bertz CT molecular complexity index is 5640. The van der Waals surface area contributed by atoms with Crippen molar-refractivity contribution in [3.8, 4) is 34.5 Å². The first-order chi connectivity index (χ1) is 65.5. The molecule has 0 saturated carbocycles. The highest BCUT2D eigenvalue weighted by Gasteiger charge is 2.45. The Morgan fingerprint density at radius 3 is 1.12 bits per heavy atom. The highest BCUT2D eigenvalue weighted by molar-refractivity contribution is 5.77. The van der Waals surface area contributed by atoms with Gasteiger partial charge in [-0.15, -0.1) is 0 Å². The first-order valence-corrected chi connectivity index (χ1v) is 27.4. The van der Waals surface area contributed by atoms with Gasteiger partial charge in [-0.05, 0) is 143 Å². The second-order valence-electron chi connectivity index (χ2n) is 21.0. The van der Waals surface area contributed by atoms with E-state index in [1.165, 1.54) is 41.5 Å². The molecular weight excluding hydrogens is 1140 g/mol. The smallest absolute Gasteiger partial charge is 0.323 e. The maximum atomic E-state index is 13.4. The van der Waals surface area contributed by atoms with Crippen LogP contribution in [0.3, 0.4) is 0 Å². The van der Waals surface area contributed by atoms with Crippen LogP contribution in [0.2, 0.25) is 0 Å². The van der Waals surface area contributed by atoms with E-state index in [1.54, 1.807) is 0 Å². The van der Waals surface area contributed by atoms with E-state index < -0.39 is 361 Å². The summed E-state index contributed by atoms with van der Waals surface area (Å²) < 4.78 is 559. The largest absolute Gasteiger partial charge is 0.493 e. The number of fused-ring (bicyclic) bond motifs is 9. The van der Waals surface area contributed by atoms with E-state index in [9.17, 15) is 37.7 Å². The average Bonchev–Trinajstić information content (AvgIpc) is 0.641. The van der Waals surface area contributed by atoms with E-state index in [2.05, 4.69) is 0 Å². The Kier molecular flexibility index (Phi) is 9.54. The summed E-state index contributed by atoms with van der Waals surface area (Å²) in [6.07, 6.45) is -47.5.